The van der Waals surface area contributed by atoms with Gasteiger partial charge in [-0.2, -0.15) is 0 Å². The van der Waals surface area contributed by atoms with E-state index in [0.29, 0.717) is 18.4 Å². The van der Waals surface area contributed by atoms with Crippen LogP contribution < -0.4 is 5.56 Å². The first-order chi connectivity index (χ1) is 14.9. The van der Waals surface area contributed by atoms with Crippen molar-refractivity contribution in [3.8, 4) is 0 Å². The molecule has 31 heavy (non-hydrogen) atoms. The third kappa shape index (κ3) is 5.63. The lowest BCUT2D eigenvalue weighted by Crippen LogP contribution is -2.19. The predicted octanol–water partition coefficient (Wildman–Crippen LogP) is 3.74. The summed E-state index contributed by atoms with van der Waals surface area (Å²) >= 11 is 0. The highest BCUT2D eigenvalue weighted by Gasteiger charge is 2.19. The Kier molecular flexibility index (Phi) is 7.28. The first-order valence-corrected chi connectivity index (χ1v) is 10.0. The molecule has 7 heteroatoms. The Bertz CT molecular complexity index is 1100. The fourth-order valence-corrected chi connectivity index (χ4v) is 3.59. The average molecular weight is 427 g/mol. The Morgan fingerprint density at radius 3 is 2.58 bits per heavy atom. The van der Waals surface area contributed by atoms with Crippen LogP contribution in [0.2, 0.25) is 0 Å². The van der Waals surface area contributed by atoms with Crippen molar-refractivity contribution in [3.63, 3.8) is 0 Å². The first kappa shape index (κ1) is 22.3. The van der Waals surface area contributed by atoms with Gasteiger partial charge in [0.2, 0.25) is 0 Å². The number of esters is 1. The number of methoxy groups -OCH3 is 1. The summed E-state index contributed by atoms with van der Waals surface area (Å²) in [7, 11) is 1.27. The van der Waals surface area contributed by atoms with Crippen LogP contribution in [0.5, 0.6) is 0 Å². The quantitative estimate of drug-likeness (QED) is 0.632. The molecule has 0 saturated heterocycles. The molecule has 0 amide bonds. The molecular weight excluding hydrogens is 404 g/mol. The van der Waals surface area contributed by atoms with Crippen LogP contribution in [0.3, 0.4) is 0 Å². The molecule has 1 atom stereocenters. The number of carbonyl (C=O) groups excluding carboxylic acids is 2. The summed E-state index contributed by atoms with van der Waals surface area (Å²) in [5, 5.41) is 0. The van der Waals surface area contributed by atoms with Crippen molar-refractivity contribution in [1.82, 2.24) is 4.57 Å². The van der Waals surface area contributed by atoms with Gasteiger partial charge in [-0.1, -0.05) is 24.3 Å². The molecule has 1 aliphatic rings. The molecule has 162 valence electrons. The molecule has 0 bridgehead atoms. The molecule has 0 fully saturated rings. The number of aryl methyl sites for hydroxylation is 1. The monoisotopic (exact) mass is 427 g/mol. The largest absolute Gasteiger partial charge is 0.465 e. The van der Waals surface area contributed by atoms with E-state index in [9.17, 15) is 23.2 Å². The number of rotatable bonds is 7. The van der Waals surface area contributed by atoms with E-state index in [1.807, 2.05) is 0 Å². The fraction of sp³-hybridized carbons (Fsp3) is 0.292. The molecule has 0 aliphatic heterocycles. The van der Waals surface area contributed by atoms with Gasteiger partial charge in [-0.3, -0.25) is 9.59 Å². The van der Waals surface area contributed by atoms with Gasteiger partial charge in [0.05, 0.1) is 19.2 Å². The van der Waals surface area contributed by atoms with E-state index in [0.717, 1.165) is 0 Å². The second-order valence-corrected chi connectivity index (χ2v) is 7.45. The van der Waals surface area contributed by atoms with E-state index in [4.69, 9.17) is 4.74 Å². The van der Waals surface area contributed by atoms with Gasteiger partial charge in [0.25, 0.3) is 5.56 Å². The number of carbonyl (C=O) groups is 2. The van der Waals surface area contributed by atoms with Crippen molar-refractivity contribution >= 4 is 11.8 Å². The lowest BCUT2D eigenvalue weighted by Gasteiger charge is -2.13. The van der Waals surface area contributed by atoms with E-state index in [2.05, 4.69) is 0 Å². The number of hydrogen-bond acceptors (Lipinski definition) is 4. The first-order valence-electron chi connectivity index (χ1n) is 10.0. The lowest BCUT2D eigenvalue weighted by molar-refractivity contribution is -0.135. The molecule has 0 spiro atoms. The second-order valence-electron chi connectivity index (χ2n) is 7.45. The van der Waals surface area contributed by atoms with Crippen LogP contribution in [0.1, 0.15) is 30.4 Å². The van der Waals surface area contributed by atoms with E-state index < -0.39 is 17.6 Å². The third-order valence-corrected chi connectivity index (χ3v) is 5.25. The zero-order valence-electron chi connectivity index (χ0n) is 17.1. The highest BCUT2D eigenvalue weighted by Crippen LogP contribution is 2.24. The fourth-order valence-electron chi connectivity index (χ4n) is 3.59. The molecule has 1 aliphatic carbocycles. The molecule has 1 aromatic carbocycles. The van der Waals surface area contributed by atoms with Gasteiger partial charge in [-0.15, -0.1) is 0 Å². The van der Waals surface area contributed by atoms with Gasteiger partial charge in [-0.05, 0) is 49.0 Å². The number of ether oxygens (including phenoxy) is 1. The highest BCUT2D eigenvalue weighted by molar-refractivity contribution is 5.97. The summed E-state index contributed by atoms with van der Waals surface area (Å²) in [6.45, 7) is -0.0546. The summed E-state index contributed by atoms with van der Waals surface area (Å²) in [5.74, 6) is -2.69. The molecule has 0 radical (unpaired) electrons. The zero-order chi connectivity index (χ0) is 22.4. The van der Waals surface area contributed by atoms with E-state index >= 15 is 0 Å². The maximum atomic E-state index is 14.6. The Hall–Kier alpha value is -3.35. The number of nitrogens with zero attached hydrogens (tertiary/aromatic N) is 1. The zero-order valence-corrected chi connectivity index (χ0v) is 17.1. The van der Waals surface area contributed by atoms with Crippen LogP contribution in [0, 0.1) is 17.6 Å². The summed E-state index contributed by atoms with van der Waals surface area (Å²) in [6.07, 6.45) is 7.60. The topological polar surface area (TPSA) is 65.4 Å². The molecule has 1 unspecified atom stereocenters. The third-order valence-electron chi connectivity index (χ3n) is 5.25. The van der Waals surface area contributed by atoms with Gasteiger partial charge in [0.15, 0.2) is 17.4 Å². The van der Waals surface area contributed by atoms with Gasteiger partial charge < -0.3 is 9.30 Å². The number of benzene rings is 1. The summed E-state index contributed by atoms with van der Waals surface area (Å²) < 4.78 is 35.1. The minimum absolute atomic E-state index is 0.0546. The minimum atomic E-state index is -0.963. The summed E-state index contributed by atoms with van der Waals surface area (Å²) in [6, 6.07) is 7.60. The van der Waals surface area contributed by atoms with E-state index in [1.54, 1.807) is 18.2 Å². The Balaban J connectivity index is 1.66. The van der Waals surface area contributed by atoms with E-state index in [1.165, 1.54) is 48.2 Å². The normalized spacial score (nSPS) is 16.0. The molecule has 0 N–H and O–H groups in total. The van der Waals surface area contributed by atoms with Crippen LogP contribution in [-0.4, -0.2) is 23.4 Å². The van der Waals surface area contributed by atoms with Crippen LogP contribution in [0.15, 0.2) is 65.1 Å². The number of halogens is 2. The van der Waals surface area contributed by atoms with Crippen LogP contribution in [0.4, 0.5) is 8.78 Å². The van der Waals surface area contributed by atoms with Crippen molar-refractivity contribution in [1.29, 1.82) is 0 Å². The van der Waals surface area contributed by atoms with Gasteiger partial charge >= 0.3 is 5.97 Å². The van der Waals surface area contributed by atoms with Crippen molar-refractivity contribution in [2.75, 3.05) is 7.11 Å². The van der Waals surface area contributed by atoms with Crippen LogP contribution in [0.25, 0.3) is 0 Å². The maximum Gasteiger partial charge on any atom is 0.337 e. The van der Waals surface area contributed by atoms with Gasteiger partial charge in [-0.25, -0.2) is 13.6 Å². The van der Waals surface area contributed by atoms with Gasteiger partial charge in [0.1, 0.15) is 0 Å². The molecule has 5 nitrogen and oxygen atoms in total. The number of aromatic nitrogens is 1. The average Bonchev–Trinajstić information content (AvgIpc) is 2.95. The number of hydrogen-bond donors (Lipinski definition) is 0. The van der Waals surface area contributed by atoms with Crippen molar-refractivity contribution in [3.05, 3.63) is 93.4 Å². The molecule has 1 heterocycles. The summed E-state index contributed by atoms with van der Waals surface area (Å²) in [5.41, 5.74) is 0.354. The standard InChI is InChI=1S/C24H23F2NO4/c1-31-24(30)18-10-11-20(28)14-16(13-18)5-4-6-17-8-9-19(23(26)22(17)25)15-27-12-3-2-7-21(27)29/h2-3,7-13,16H,4-6,14-15H2,1H3. The van der Waals surface area contributed by atoms with Crippen LogP contribution >= 0.6 is 0 Å². The SMILES string of the molecule is COC(=O)C1=CC(CCCc2ccc(Cn3ccccc3=O)c(F)c2F)CC(=O)C=C1. The second kappa shape index (κ2) is 10.1. The lowest BCUT2D eigenvalue weighted by atomic mass is 9.94. The summed E-state index contributed by atoms with van der Waals surface area (Å²) in [4.78, 5) is 35.4. The molecular formula is C24H23F2NO4. The number of allylic oxidation sites excluding steroid dienone is 2. The molecule has 1 aromatic heterocycles. The molecule has 2 aromatic rings. The Morgan fingerprint density at radius 1 is 1.10 bits per heavy atom. The predicted molar refractivity (Wildman–Crippen MR) is 111 cm³/mol. The highest BCUT2D eigenvalue weighted by atomic mass is 19.2. The maximum absolute atomic E-state index is 14.6. The van der Waals surface area contributed by atoms with Crippen LogP contribution in [-0.2, 0) is 27.3 Å². The molecule has 3 rings (SSSR count). The molecule has 0 saturated carbocycles. The minimum Gasteiger partial charge on any atom is -0.465 e. The number of ketones is 1. The smallest absolute Gasteiger partial charge is 0.337 e. The Morgan fingerprint density at radius 2 is 1.84 bits per heavy atom. The Labute approximate surface area is 178 Å². The van der Waals surface area contributed by atoms with Crippen molar-refractivity contribution in [2.24, 2.45) is 5.92 Å². The number of pyridine rings is 1. The van der Waals surface area contributed by atoms with Crippen molar-refractivity contribution < 1.29 is 23.1 Å². The van der Waals surface area contributed by atoms with Crippen molar-refractivity contribution in [2.45, 2.75) is 32.2 Å². The van der Waals surface area contributed by atoms with E-state index in [-0.39, 0.29) is 47.8 Å². The van der Waals surface area contributed by atoms with Gasteiger partial charge in [0, 0.05) is 24.2 Å².